The van der Waals surface area contributed by atoms with E-state index in [9.17, 15) is 9.90 Å². The number of aliphatic hydroxyl groups excluding tert-OH is 1. The summed E-state index contributed by atoms with van der Waals surface area (Å²) in [6, 6.07) is 3.16. The Morgan fingerprint density at radius 3 is 2.50 bits per heavy atom. The Labute approximate surface area is 90.9 Å². The van der Waals surface area contributed by atoms with Crippen LogP contribution in [0.1, 0.15) is 17.2 Å². The highest BCUT2D eigenvalue weighted by Crippen LogP contribution is 2.32. The SMILES string of the molecule is Cc1ccc(Cl)c(Cl)c1[C@H](O)C(=O)O. The van der Waals surface area contributed by atoms with Gasteiger partial charge in [-0.3, -0.25) is 0 Å². The number of hydrogen-bond acceptors (Lipinski definition) is 2. The second-order valence-electron chi connectivity index (χ2n) is 2.83. The maximum atomic E-state index is 10.6. The van der Waals surface area contributed by atoms with Crippen molar-refractivity contribution in [3.63, 3.8) is 0 Å². The Morgan fingerprint density at radius 1 is 1.43 bits per heavy atom. The Hall–Kier alpha value is -0.770. The fourth-order valence-corrected chi connectivity index (χ4v) is 1.60. The molecule has 1 atom stereocenters. The van der Waals surface area contributed by atoms with Crippen molar-refractivity contribution in [1.82, 2.24) is 0 Å². The van der Waals surface area contributed by atoms with E-state index < -0.39 is 12.1 Å². The molecule has 5 heteroatoms. The zero-order chi connectivity index (χ0) is 10.9. The summed E-state index contributed by atoms with van der Waals surface area (Å²) in [6.45, 7) is 1.66. The third-order valence-corrected chi connectivity index (χ3v) is 2.68. The molecule has 0 aromatic heterocycles. The van der Waals surface area contributed by atoms with Gasteiger partial charge in [-0.2, -0.15) is 0 Å². The zero-order valence-corrected chi connectivity index (χ0v) is 8.80. The van der Waals surface area contributed by atoms with E-state index in [1.807, 2.05) is 0 Å². The fraction of sp³-hybridized carbons (Fsp3) is 0.222. The molecule has 0 saturated heterocycles. The lowest BCUT2D eigenvalue weighted by Crippen LogP contribution is -2.12. The number of aryl methyl sites for hydroxylation is 1. The van der Waals surface area contributed by atoms with Gasteiger partial charge >= 0.3 is 5.97 Å². The summed E-state index contributed by atoms with van der Waals surface area (Å²) in [6.07, 6.45) is -1.64. The average Bonchev–Trinajstić information content (AvgIpc) is 2.12. The van der Waals surface area contributed by atoms with Crippen LogP contribution in [0.3, 0.4) is 0 Å². The molecule has 0 fully saturated rings. The first kappa shape index (κ1) is 11.3. The van der Waals surface area contributed by atoms with Crippen molar-refractivity contribution in [2.45, 2.75) is 13.0 Å². The van der Waals surface area contributed by atoms with Crippen molar-refractivity contribution in [3.8, 4) is 0 Å². The minimum absolute atomic E-state index is 0.0848. The third kappa shape index (κ3) is 2.00. The summed E-state index contributed by atoms with van der Waals surface area (Å²) < 4.78 is 0. The zero-order valence-electron chi connectivity index (χ0n) is 7.29. The van der Waals surface area contributed by atoms with Crippen LogP contribution in [-0.2, 0) is 4.79 Å². The standard InChI is InChI=1S/C9H8Cl2O3/c1-4-2-3-5(10)7(11)6(4)8(12)9(13)14/h2-3,8,12H,1H3,(H,13,14)/t8-/m0/s1. The molecule has 2 N–H and O–H groups in total. The summed E-state index contributed by atoms with van der Waals surface area (Å²) in [7, 11) is 0. The van der Waals surface area contributed by atoms with Crippen LogP contribution in [0, 0.1) is 6.92 Å². The van der Waals surface area contributed by atoms with Crippen molar-refractivity contribution in [3.05, 3.63) is 33.3 Å². The minimum Gasteiger partial charge on any atom is -0.479 e. The smallest absolute Gasteiger partial charge is 0.337 e. The highest BCUT2D eigenvalue weighted by Gasteiger charge is 2.22. The summed E-state index contributed by atoms with van der Waals surface area (Å²) in [5, 5.41) is 18.3. The molecule has 0 aliphatic carbocycles. The molecule has 76 valence electrons. The molecule has 1 rings (SSSR count). The number of hydrogen-bond donors (Lipinski definition) is 2. The first-order valence-electron chi connectivity index (χ1n) is 3.80. The van der Waals surface area contributed by atoms with Crippen LogP contribution >= 0.6 is 23.2 Å². The molecular formula is C9H8Cl2O3. The molecule has 0 aliphatic rings. The molecule has 0 radical (unpaired) electrons. The summed E-state index contributed by atoms with van der Waals surface area (Å²) >= 11 is 11.5. The van der Waals surface area contributed by atoms with E-state index in [0.717, 1.165) is 0 Å². The Balaban J connectivity index is 3.32. The van der Waals surface area contributed by atoms with Crippen LogP contribution in [0.4, 0.5) is 0 Å². The van der Waals surface area contributed by atoms with Gasteiger partial charge in [-0.25, -0.2) is 4.79 Å². The number of aliphatic carboxylic acids is 1. The monoisotopic (exact) mass is 234 g/mol. The molecule has 0 aliphatic heterocycles. The van der Waals surface area contributed by atoms with Gasteiger partial charge in [0.2, 0.25) is 0 Å². The van der Waals surface area contributed by atoms with Gasteiger partial charge < -0.3 is 10.2 Å². The lowest BCUT2D eigenvalue weighted by atomic mass is 10.0. The normalized spacial score (nSPS) is 12.6. The second-order valence-corrected chi connectivity index (χ2v) is 3.62. The van der Waals surface area contributed by atoms with E-state index in [-0.39, 0.29) is 15.6 Å². The highest BCUT2D eigenvalue weighted by molar-refractivity contribution is 6.42. The third-order valence-electron chi connectivity index (χ3n) is 1.86. The summed E-state index contributed by atoms with van der Waals surface area (Å²) in [4.78, 5) is 10.6. The van der Waals surface area contributed by atoms with Gasteiger partial charge in [-0.15, -0.1) is 0 Å². The lowest BCUT2D eigenvalue weighted by molar-refractivity contribution is -0.147. The van der Waals surface area contributed by atoms with Crippen molar-refractivity contribution < 1.29 is 15.0 Å². The molecule has 1 aromatic carbocycles. The van der Waals surface area contributed by atoms with Crippen LogP contribution in [-0.4, -0.2) is 16.2 Å². The average molecular weight is 235 g/mol. The molecule has 0 spiro atoms. The molecule has 1 aromatic rings. The lowest BCUT2D eigenvalue weighted by Gasteiger charge is -2.12. The maximum Gasteiger partial charge on any atom is 0.337 e. The molecule has 14 heavy (non-hydrogen) atoms. The first-order chi connectivity index (χ1) is 6.45. The van der Waals surface area contributed by atoms with Gasteiger partial charge in [0.15, 0.2) is 6.10 Å². The number of rotatable bonds is 2. The number of aliphatic hydroxyl groups is 1. The number of carboxylic acids is 1. The van der Waals surface area contributed by atoms with Gasteiger partial charge in [-0.05, 0) is 18.6 Å². The van der Waals surface area contributed by atoms with E-state index in [2.05, 4.69) is 0 Å². The van der Waals surface area contributed by atoms with Crippen molar-refractivity contribution in [2.75, 3.05) is 0 Å². The second kappa shape index (κ2) is 4.17. The van der Waals surface area contributed by atoms with Gasteiger partial charge in [0.25, 0.3) is 0 Å². The minimum atomic E-state index is -1.64. The molecule has 3 nitrogen and oxygen atoms in total. The number of halogens is 2. The Bertz CT molecular complexity index is 377. The van der Waals surface area contributed by atoms with Crippen LogP contribution in [0.15, 0.2) is 12.1 Å². The van der Waals surface area contributed by atoms with Crippen LogP contribution in [0.5, 0.6) is 0 Å². The highest BCUT2D eigenvalue weighted by atomic mass is 35.5. The van der Waals surface area contributed by atoms with Gasteiger partial charge in [0.1, 0.15) is 0 Å². The predicted molar refractivity (Wildman–Crippen MR) is 53.8 cm³/mol. The quantitative estimate of drug-likeness (QED) is 0.827. The van der Waals surface area contributed by atoms with Crippen LogP contribution in [0.25, 0.3) is 0 Å². The molecule has 0 heterocycles. The van der Waals surface area contributed by atoms with E-state index >= 15 is 0 Å². The molecule has 0 saturated carbocycles. The first-order valence-corrected chi connectivity index (χ1v) is 4.56. The van der Waals surface area contributed by atoms with E-state index in [1.54, 1.807) is 19.1 Å². The topological polar surface area (TPSA) is 57.5 Å². The van der Waals surface area contributed by atoms with Crippen molar-refractivity contribution >= 4 is 29.2 Å². The van der Waals surface area contributed by atoms with E-state index in [4.69, 9.17) is 28.3 Å². The maximum absolute atomic E-state index is 10.6. The number of carboxylic acid groups (broad SMARTS) is 1. The van der Waals surface area contributed by atoms with E-state index in [1.165, 1.54) is 0 Å². The van der Waals surface area contributed by atoms with Gasteiger partial charge in [0.05, 0.1) is 10.0 Å². The molecular weight excluding hydrogens is 227 g/mol. The summed E-state index contributed by atoms with van der Waals surface area (Å²) in [5.41, 5.74) is 0.737. The van der Waals surface area contributed by atoms with Crippen LogP contribution < -0.4 is 0 Å². The van der Waals surface area contributed by atoms with Crippen molar-refractivity contribution in [2.24, 2.45) is 0 Å². The summed E-state index contributed by atoms with van der Waals surface area (Å²) in [5.74, 6) is -1.35. The van der Waals surface area contributed by atoms with Crippen molar-refractivity contribution in [1.29, 1.82) is 0 Å². The predicted octanol–water partition coefficient (Wildman–Crippen LogP) is 2.42. The van der Waals surface area contributed by atoms with Gasteiger partial charge in [0, 0.05) is 5.56 Å². The number of benzene rings is 1. The molecule has 0 amide bonds. The molecule has 0 unspecified atom stereocenters. The van der Waals surface area contributed by atoms with Crippen LogP contribution in [0.2, 0.25) is 10.0 Å². The fourth-order valence-electron chi connectivity index (χ4n) is 1.12. The number of carbonyl (C=O) groups is 1. The Kier molecular flexibility index (Phi) is 3.37. The van der Waals surface area contributed by atoms with E-state index in [0.29, 0.717) is 5.56 Å². The molecule has 0 bridgehead atoms. The largest absolute Gasteiger partial charge is 0.479 e. The van der Waals surface area contributed by atoms with Gasteiger partial charge in [-0.1, -0.05) is 29.3 Å². The Morgan fingerprint density at radius 2 is 2.00 bits per heavy atom.